The van der Waals surface area contributed by atoms with Crippen LogP contribution in [0.4, 0.5) is 13.2 Å². The van der Waals surface area contributed by atoms with Gasteiger partial charge >= 0.3 is 35.9 Å². The summed E-state index contributed by atoms with van der Waals surface area (Å²) in [7, 11) is 0. The molecule has 1 saturated heterocycles. The van der Waals surface area contributed by atoms with Crippen molar-refractivity contribution in [3.63, 3.8) is 0 Å². The molecule has 2 amide bonds. The Morgan fingerprint density at radius 2 is 1.50 bits per heavy atom. The van der Waals surface area contributed by atoms with Gasteiger partial charge in [-0.3, -0.25) is 9.59 Å². The van der Waals surface area contributed by atoms with Gasteiger partial charge in [-0.15, -0.1) is 13.2 Å². The third-order valence-corrected chi connectivity index (χ3v) is 1.31. The van der Waals surface area contributed by atoms with Crippen molar-refractivity contribution in [3.8, 4) is 0 Å². The third kappa shape index (κ3) is 2.21. The molecule has 0 aliphatic carbocycles. The standard InChI is InChI=1S/C5H4F3NO2.Na.H/c6-5(7,8)9-3(10)1-2-4(9)11;;/h1-2H2;;/q;+1;-1. The summed E-state index contributed by atoms with van der Waals surface area (Å²) in [5.41, 5.74) is 0. The van der Waals surface area contributed by atoms with Crippen molar-refractivity contribution in [2.45, 2.75) is 19.1 Å². The molecule has 1 fully saturated rings. The van der Waals surface area contributed by atoms with Gasteiger partial charge in [0.05, 0.1) is 0 Å². The first-order chi connectivity index (χ1) is 4.93. The van der Waals surface area contributed by atoms with Crippen LogP contribution >= 0.6 is 0 Å². The van der Waals surface area contributed by atoms with E-state index in [1.54, 1.807) is 0 Å². The topological polar surface area (TPSA) is 37.4 Å². The Morgan fingerprint density at radius 3 is 1.67 bits per heavy atom. The van der Waals surface area contributed by atoms with Gasteiger partial charge in [-0.05, 0) is 0 Å². The van der Waals surface area contributed by atoms with Crippen LogP contribution in [0.3, 0.4) is 0 Å². The van der Waals surface area contributed by atoms with E-state index in [0.717, 1.165) is 0 Å². The zero-order valence-corrected chi connectivity index (χ0v) is 8.31. The van der Waals surface area contributed by atoms with E-state index in [9.17, 15) is 22.8 Å². The Bertz CT molecular complexity index is 204. The largest absolute Gasteiger partial charge is 1.00 e. The number of likely N-dealkylation sites (tertiary alicyclic amines) is 1. The molecule has 0 spiro atoms. The van der Waals surface area contributed by atoms with Crippen LogP contribution in [-0.4, -0.2) is 23.0 Å². The SMILES string of the molecule is O=C1CCC(=O)N1C(F)(F)F.[H-].[Na+]. The number of alkyl halides is 3. The Balaban J connectivity index is 0. The van der Waals surface area contributed by atoms with E-state index in [4.69, 9.17) is 0 Å². The van der Waals surface area contributed by atoms with Crippen LogP contribution in [0.1, 0.15) is 14.3 Å². The molecule has 0 aromatic carbocycles. The van der Waals surface area contributed by atoms with Crippen LogP contribution in [0.15, 0.2) is 0 Å². The minimum atomic E-state index is -4.84. The fourth-order valence-electron chi connectivity index (χ4n) is 0.859. The summed E-state index contributed by atoms with van der Waals surface area (Å²) in [5.74, 6) is -2.33. The minimum Gasteiger partial charge on any atom is -1.00 e. The second-order valence-electron chi connectivity index (χ2n) is 2.09. The number of hydrogen-bond acceptors (Lipinski definition) is 2. The first kappa shape index (κ1) is 11.9. The van der Waals surface area contributed by atoms with Gasteiger partial charge in [0.2, 0.25) is 11.8 Å². The van der Waals surface area contributed by atoms with Gasteiger partial charge < -0.3 is 1.43 Å². The first-order valence-electron chi connectivity index (χ1n) is 2.85. The average molecular weight is 191 g/mol. The number of imide groups is 1. The van der Waals surface area contributed by atoms with E-state index in [1.165, 1.54) is 0 Å². The molecular formula is C5H5F3NNaO2. The van der Waals surface area contributed by atoms with Crippen LogP contribution < -0.4 is 29.6 Å². The molecule has 7 heteroatoms. The molecule has 0 N–H and O–H groups in total. The monoisotopic (exact) mass is 191 g/mol. The van der Waals surface area contributed by atoms with Gasteiger partial charge in [0.15, 0.2) is 0 Å². The van der Waals surface area contributed by atoms with Crippen LogP contribution in [0.5, 0.6) is 0 Å². The zero-order valence-electron chi connectivity index (χ0n) is 7.31. The summed E-state index contributed by atoms with van der Waals surface area (Å²) < 4.78 is 35.2. The smallest absolute Gasteiger partial charge is 1.00 e. The summed E-state index contributed by atoms with van der Waals surface area (Å²) in [5, 5.41) is 0. The Morgan fingerprint density at radius 1 is 1.17 bits per heavy atom. The molecule has 0 bridgehead atoms. The van der Waals surface area contributed by atoms with E-state index in [1.807, 2.05) is 0 Å². The third-order valence-electron chi connectivity index (χ3n) is 1.31. The van der Waals surface area contributed by atoms with E-state index in [-0.39, 0.29) is 43.8 Å². The second-order valence-corrected chi connectivity index (χ2v) is 2.09. The minimum absolute atomic E-state index is 0. The number of rotatable bonds is 0. The van der Waals surface area contributed by atoms with Crippen LogP contribution in [-0.2, 0) is 9.59 Å². The molecule has 0 unspecified atom stereocenters. The maximum Gasteiger partial charge on any atom is 1.00 e. The van der Waals surface area contributed by atoms with Crippen molar-refractivity contribution in [2.24, 2.45) is 0 Å². The van der Waals surface area contributed by atoms with Crippen molar-refractivity contribution in [1.82, 2.24) is 4.90 Å². The van der Waals surface area contributed by atoms with Crippen LogP contribution in [0.25, 0.3) is 0 Å². The molecule has 0 aromatic heterocycles. The molecule has 12 heavy (non-hydrogen) atoms. The van der Waals surface area contributed by atoms with E-state index >= 15 is 0 Å². The number of carbonyl (C=O) groups excluding carboxylic acids is 2. The maximum absolute atomic E-state index is 11.7. The van der Waals surface area contributed by atoms with Gasteiger partial charge in [-0.2, -0.15) is 4.90 Å². The van der Waals surface area contributed by atoms with Gasteiger partial charge in [0.1, 0.15) is 0 Å². The predicted molar refractivity (Wildman–Crippen MR) is 28.3 cm³/mol. The molecule has 0 saturated carbocycles. The number of carbonyl (C=O) groups is 2. The van der Waals surface area contributed by atoms with Crippen molar-refractivity contribution in [1.29, 1.82) is 0 Å². The van der Waals surface area contributed by atoms with Crippen molar-refractivity contribution in [3.05, 3.63) is 0 Å². The zero-order chi connectivity index (χ0) is 8.65. The molecular weight excluding hydrogens is 186 g/mol. The van der Waals surface area contributed by atoms with E-state index in [0.29, 0.717) is 0 Å². The van der Waals surface area contributed by atoms with Gasteiger partial charge in [0.25, 0.3) is 0 Å². The normalized spacial score (nSPS) is 18.1. The molecule has 1 heterocycles. The number of halogens is 3. The quantitative estimate of drug-likeness (QED) is 0.247. The summed E-state index contributed by atoms with van der Waals surface area (Å²) in [4.78, 5) is 20.2. The van der Waals surface area contributed by atoms with Gasteiger partial charge in [-0.25, -0.2) is 0 Å². The predicted octanol–water partition coefficient (Wildman–Crippen LogP) is -2.23. The summed E-state index contributed by atoms with van der Waals surface area (Å²) in [6.45, 7) is 0. The maximum atomic E-state index is 11.7. The molecule has 0 aromatic rings. The molecule has 1 aliphatic rings. The Labute approximate surface area is 89.7 Å². The van der Waals surface area contributed by atoms with Gasteiger partial charge in [0, 0.05) is 12.8 Å². The molecule has 1 aliphatic heterocycles. The summed E-state index contributed by atoms with van der Waals surface area (Å²) in [6, 6.07) is 0. The van der Waals surface area contributed by atoms with E-state index in [2.05, 4.69) is 0 Å². The summed E-state index contributed by atoms with van der Waals surface area (Å²) in [6.07, 6.45) is -5.51. The van der Waals surface area contributed by atoms with Crippen molar-refractivity contribution in [2.75, 3.05) is 0 Å². The molecule has 0 radical (unpaired) electrons. The van der Waals surface area contributed by atoms with Crippen molar-refractivity contribution >= 4 is 11.8 Å². The number of nitrogens with zero attached hydrogens (tertiary/aromatic N) is 1. The van der Waals surface area contributed by atoms with Crippen LogP contribution in [0.2, 0.25) is 0 Å². The molecule has 0 atom stereocenters. The molecule has 1 rings (SSSR count). The van der Waals surface area contributed by atoms with Crippen LogP contribution in [0, 0.1) is 0 Å². The fourth-order valence-corrected chi connectivity index (χ4v) is 0.859. The van der Waals surface area contributed by atoms with E-state index < -0.39 is 23.0 Å². The summed E-state index contributed by atoms with van der Waals surface area (Å²) >= 11 is 0. The first-order valence-corrected chi connectivity index (χ1v) is 2.85. The number of amides is 2. The Kier molecular flexibility index (Phi) is 3.74. The second kappa shape index (κ2) is 3.76. The fraction of sp³-hybridized carbons (Fsp3) is 0.600. The number of hydrogen-bond donors (Lipinski definition) is 0. The average Bonchev–Trinajstić information content (AvgIpc) is 2.08. The Hall–Kier alpha value is -0.0700. The molecule has 64 valence electrons. The van der Waals surface area contributed by atoms with Gasteiger partial charge in [-0.1, -0.05) is 0 Å². The molecule has 3 nitrogen and oxygen atoms in total. The van der Waals surface area contributed by atoms with Crippen molar-refractivity contribution < 1.29 is 53.7 Å².